The summed E-state index contributed by atoms with van der Waals surface area (Å²) in [6.07, 6.45) is 1.68. The highest BCUT2D eigenvalue weighted by Gasteiger charge is 2.17. The molecule has 0 spiro atoms. The first-order valence-electron chi connectivity index (χ1n) is 8.30. The summed E-state index contributed by atoms with van der Waals surface area (Å²) in [7, 11) is 0. The van der Waals surface area contributed by atoms with Gasteiger partial charge in [0.15, 0.2) is 0 Å². The molecule has 9 heteroatoms. The van der Waals surface area contributed by atoms with E-state index in [1.165, 1.54) is 29.5 Å². The summed E-state index contributed by atoms with van der Waals surface area (Å²) in [6.45, 7) is 1.83. The zero-order chi connectivity index (χ0) is 20.1. The fourth-order valence-electron chi connectivity index (χ4n) is 2.40. The van der Waals surface area contributed by atoms with Crippen LogP contribution in [0.15, 0.2) is 60.1 Å². The quantitative estimate of drug-likeness (QED) is 0.530. The lowest BCUT2D eigenvalue weighted by molar-refractivity contribution is 0.102. The number of rotatable bonds is 5. The maximum absolute atomic E-state index is 13.7. The molecule has 0 fully saturated rings. The van der Waals surface area contributed by atoms with E-state index in [0.29, 0.717) is 11.4 Å². The fraction of sp³-hybridized carbons (Fsp3) is 0.105. The molecule has 2 aromatic carbocycles. The van der Waals surface area contributed by atoms with E-state index >= 15 is 0 Å². The van der Waals surface area contributed by atoms with Crippen molar-refractivity contribution in [1.82, 2.24) is 10.3 Å². The number of anilines is 2. The number of nitrogens with one attached hydrogen (secondary N) is 2. The van der Waals surface area contributed by atoms with Crippen LogP contribution < -0.4 is 14.9 Å². The van der Waals surface area contributed by atoms with Gasteiger partial charge in [-0.15, -0.1) is 11.3 Å². The number of urea groups is 1. The highest BCUT2D eigenvalue weighted by molar-refractivity contribution is 7.82. The highest BCUT2D eigenvalue weighted by atomic mass is 32.1. The van der Waals surface area contributed by atoms with Gasteiger partial charge in [0.25, 0.3) is 5.91 Å². The normalized spacial score (nSPS) is 11.5. The van der Waals surface area contributed by atoms with Crippen LogP contribution in [0, 0.1) is 5.82 Å². The van der Waals surface area contributed by atoms with Gasteiger partial charge in [0, 0.05) is 17.3 Å². The largest absolute Gasteiger partial charge is 0.332 e. The molecule has 0 bridgehead atoms. The first-order chi connectivity index (χ1) is 13.5. The van der Waals surface area contributed by atoms with Crippen molar-refractivity contribution in [1.29, 1.82) is 0 Å². The molecular formula is C19H17FN4O2S2. The summed E-state index contributed by atoms with van der Waals surface area (Å²) in [5.41, 5.74) is 0.935. The number of nitrogens with zero attached hydrogens (tertiary/aromatic N) is 2. The molecule has 0 saturated heterocycles. The molecule has 2 N–H and O–H groups in total. The second-order valence-electron chi connectivity index (χ2n) is 5.83. The van der Waals surface area contributed by atoms with Gasteiger partial charge in [0.2, 0.25) is 0 Å². The van der Waals surface area contributed by atoms with Crippen molar-refractivity contribution in [3.05, 3.63) is 76.5 Å². The predicted molar refractivity (Wildman–Crippen MR) is 111 cm³/mol. The lowest BCUT2D eigenvalue weighted by Gasteiger charge is -2.19. The van der Waals surface area contributed by atoms with E-state index in [9.17, 15) is 14.0 Å². The van der Waals surface area contributed by atoms with Crippen LogP contribution in [-0.4, -0.2) is 16.9 Å². The Bertz CT molecular complexity index is 964. The van der Waals surface area contributed by atoms with Gasteiger partial charge in [-0.25, -0.2) is 18.5 Å². The second-order valence-corrected chi connectivity index (χ2v) is 7.16. The van der Waals surface area contributed by atoms with Gasteiger partial charge in [0.1, 0.15) is 10.8 Å². The number of amides is 3. The molecule has 3 rings (SSSR count). The topological polar surface area (TPSA) is 74.3 Å². The first kappa shape index (κ1) is 19.8. The minimum atomic E-state index is -0.593. The molecule has 6 nitrogen and oxygen atoms in total. The Hall–Kier alpha value is -2.91. The van der Waals surface area contributed by atoms with Crippen LogP contribution in [-0.2, 0) is 0 Å². The third kappa shape index (κ3) is 4.68. The summed E-state index contributed by atoms with van der Waals surface area (Å²) in [5, 5.41) is 8.05. The summed E-state index contributed by atoms with van der Waals surface area (Å²) in [5.74, 6) is -1.15. The zero-order valence-electron chi connectivity index (χ0n) is 14.8. The predicted octanol–water partition coefficient (Wildman–Crippen LogP) is 4.66. The van der Waals surface area contributed by atoms with Crippen molar-refractivity contribution in [2.45, 2.75) is 13.0 Å². The molecule has 0 saturated carbocycles. The lowest BCUT2D eigenvalue weighted by Crippen LogP contribution is -2.35. The average molecular weight is 417 g/mol. The molecule has 1 aromatic heterocycles. The number of hydrogen-bond donors (Lipinski definition) is 3. The zero-order valence-corrected chi connectivity index (χ0v) is 16.5. The van der Waals surface area contributed by atoms with Crippen molar-refractivity contribution in [3.8, 4) is 0 Å². The van der Waals surface area contributed by atoms with Gasteiger partial charge < -0.3 is 10.6 Å². The minimum absolute atomic E-state index is 0.0436. The molecule has 1 unspecified atom stereocenters. The van der Waals surface area contributed by atoms with E-state index in [1.807, 2.05) is 12.3 Å². The molecule has 28 heavy (non-hydrogen) atoms. The van der Waals surface area contributed by atoms with Crippen molar-refractivity contribution < 1.29 is 14.0 Å². The Labute approximate surface area is 171 Å². The monoisotopic (exact) mass is 416 g/mol. The van der Waals surface area contributed by atoms with E-state index in [4.69, 9.17) is 0 Å². The molecule has 0 aliphatic heterocycles. The van der Waals surface area contributed by atoms with Gasteiger partial charge in [-0.3, -0.25) is 4.79 Å². The van der Waals surface area contributed by atoms with Crippen molar-refractivity contribution >= 4 is 47.5 Å². The Morgan fingerprint density at radius 1 is 1.18 bits per heavy atom. The van der Waals surface area contributed by atoms with Crippen LogP contribution >= 0.6 is 24.2 Å². The van der Waals surface area contributed by atoms with Crippen LogP contribution in [0.1, 0.15) is 28.3 Å². The van der Waals surface area contributed by atoms with Crippen molar-refractivity contribution in [3.63, 3.8) is 0 Å². The van der Waals surface area contributed by atoms with Crippen molar-refractivity contribution in [2.75, 3.05) is 9.62 Å². The van der Waals surface area contributed by atoms with Crippen LogP contribution in [0.3, 0.4) is 0 Å². The molecule has 144 valence electrons. The van der Waals surface area contributed by atoms with E-state index in [2.05, 4.69) is 28.4 Å². The van der Waals surface area contributed by atoms with Crippen LogP contribution in [0.5, 0.6) is 0 Å². The Kier molecular flexibility index (Phi) is 6.27. The van der Waals surface area contributed by atoms with Gasteiger partial charge in [0.05, 0.1) is 17.3 Å². The number of thiazole rings is 1. The molecule has 3 amide bonds. The number of thiol groups is 1. The summed E-state index contributed by atoms with van der Waals surface area (Å²) in [4.78, 5) is 28.7. The van der Waals surface area contributed by atoms with E-state index in [0.717, 1.165) is 9.31 Å². The number of halogens is 1. The van der Waals surface area contributed by atoms with E-state index in [-0.39, 0.29) is 11.6 Å². The highest BCUT2D eigenvalue weighted by Crippen LogP contribution is 2.22. The smallest absolute Gasteiger partial charge is 0.328 e. The van der Waals surface area contributed by atoms with Gasteiger partial charge in [-0.05, 0) is 43.3 Å². The SMILES string of the molecule is CC(NC(=O)N(S)c1ccc(NC(=O)c2ccccc2F)cc1)c1nccs1. The van der Waals surface area contributed by atoms with Crippen LogP contribution in [0.4, 0.5) is 20.6 Å². The van der Waals surface area contributed by atoms with Crippen LogP contribution in [0.25, 0.3) is 0 Å². The molecule has 1 heterocycles. The van der Waals surface area contributed by atoms with Gasteiger partial charge in [-0.1, -0.05) is 24.9 Å². The van der Waals surface area contributed by atoms with Gasteiger partial charge >= 0.3 is 6.03 Å². The summed E-state index contributed by atoms with van der Waals surface area (Å²) >= 11 is 5.68. The van der Waals surface area contributed by atoms with E-state index in [1.54, 1.807) is 36.5 Å². The van der Waals surface area contributed by atoms with Gasteiger partial charge in [-0.2, -0.15) is 0 Å². The molecule has 3 aromatic rings. The Morgan fingerprint density at radius 2 is 1.89 bits per heavy atom. The molecule has 0 aliphatic carbocycles. The molecule has 0 radical (unpaired) electrons. The standard InChI is InChI=1S/C19H17FN4O2S2/c1-12(18-21-10-11-28-18)22-19(26)24(27)14-8-6-13(7-9-14)23-17(25)15-4-2-3-5-16(15)20/h2-12,27H,1H3,(H,22,26)(H,23,25). The van der Waals surface area contributed by atoms with Crippen LogP contribution in [0.2, 0.25) is 0 Å². The minimum Gasteiger partial charge on any atom is -0.328 e. The third-order valence-electron chi connectivity index (χ3n) is 3.84. The number of hydrogen-bond acceptors (Lipinski definition) is 5. The maximum Gasteiger partial charge on any atom is 0.332 e. The second kappa shape index (κ2) is 8.85. The summed E-state index contributed by atoms with van der Waals surface area (Å²) < 4.78 is 14.8. The number of benzene rings is 2. The maximum atomic E-state index is 13.7. The Balaban J connectivity index is 1.62. The molecular weight excluding hydrogens is 399 g/mol. The number of aromatic nitrogens is 1. The first-order valence-corrected chi connectivity index (χ1v) is 9.58. The fourth-order valence-corrected chi connectivity index (χ4v) is 3.24. The van der Waals surface area contributed by atoms with Crippen molar-refractivity contribution in [2.24, 2.45) is 0 Å². The third-order valence-corrected chi connectivity index (χ3v) is 5.21. The average Bonchev–Trinajstić information content (AvgIpc) is 3.23. The lowest BCUT2D eigenvalue weighted by atomic mass is 10.2. The Morgan fingerprint density at radius 3 is 2.54 bits per heavy atom. The van der Waals surface area contributed by atoms with E-state index < -0.39 is 17.8 Å². The molecule has 1 atom stereocenters. The molecule has 0 aliphatic rings. The number of carbonyl (C=O) groups is 2. The number of carbonyl (C=O) groups excluding carboxylic acids is 2. The summed E-state index contributed by atoms with van der Waals surface area (Å²) in [6, 6.07) is 11.5.